The van der Waals surface area contributed by atoms with Crippen LogP contribution in [0.3, 0.4) is 0 Å². The van der Waals surface area contributed by atoms with Crippen LogP contribution in [0.15, 0.2) is 40.9 Å². The Morgan fingerprint density at radius 1 is 1.08 bits per heavy atom. The second-order valence-corrected chi connectivity index (χ2v) is 12.9. The summed E-state index contributed by atoms with van der Waals surface area (Å²) in [4.78, 5) is 18.8. The average molecular weight is 580 g/mol. The summed E-state index contributed by atoms with van der Waals surface area (Å²) in [5.41, 5.74) is 0.362. The Labute approximate surface area is 228 Å². The van der Waals surface area contributed by atoms with Gasteiger partial charge in [-0.2, -0.15) is 9.29 Å². The van der Waals surface area contributed by atoms with Gasteiger partial charge >= 0.3 is 6.03 Å². The van der Waals surface area contributed by atoms with Crippen LogP contribution in [0.5, 0.6) is 0 Å². The van der Waals surface area contributed by atoms with Crippen molar-refractivity contribution in [2.24, 2.45) is 0 Å². The zero-order valence-corrected chi connectivity index (χ0v) is 22.5. The number of halogens is 3. The molecular weight excluding hydrogens is 556 g/mol. The van der Waals surface area contributed by atoms with E-state index in [1.807, 2.05) is 0 Å². The number of piperazine rings is 1. The van der Waals surface area contributed by atoms with E-state index >= 15 is 4.39 Å². The van der Waals surface area contributed by atoms with Crippen LogP contribution in [0.2, 0.25) is 10.0 Å². The second kappa shape index (κ2) is 9.48. The van der Waals surface area contributed by atoms with Crippen molar-refractivity contribution >= 4 is 44.9 Å². The summed E-state index contributed by atoms with van der Waals surface area (Å²) < 4.78 is 47.2. The molecule has 3 aliphatic rings. The first-order valence-electron chi connectivity index (χ1n) is 12.3. The molecule has 1 N–H and O–H groups in total. The lowest BCUT2D eigenvalue weighted by atomic mass is 9.94. The van der Waals surface area contributed by atoms with Crippen LogP contribution < -0.4 is 5.32 Å². The number of sulfonamides is 1. The molecule has 9 nitrogen and oxygen atoms in total. The Bertz CT molecular complexity index is 1480. The van der Waals surface area contributed by atoms with E-state index in [2.05, 4.69) is 15.5 Å². The van der Waals surface area contributed by atoms with E-state index in [4.69, 9.17) is 27.7 Å². The fraction of sp³-hybridized carbons (Fsp3) is 0.400. The Morgan fingerprint density at radius 3 is 2.37 bits per heavy atom. The van der Waals surface area contributed by atoms with E-state index in [1.165, 1.54) is 21.3 Å². The van der Waals surface area contributed by atoms with Gasteiger partial charge in [0.25, 0.3) is 5.89 Å². The lowest BCUT2D eigenvalue weighted by Crippen LogP contribution is -2.52. The molecule has 38 heavy (non-hydrogen) atoms. The summed E-state index contributed by atoms with van der Waals surface area (Å²) in [6, 6.07) is 9.25. The minimum Gasteiger partial charge on any atom is -0.334 e. The molecule has 2 saturated carbocycles. The van der Waals surface area contributed by atoms with Crippen LogP contribution in [0, 0.1) is 5.82 Å². The number of benzene rings is 2. The van der Waals surface area contributed by atoms with Crippen molar-refractivity contribution in [3.05, 3.63) is 63.6 Å². The fourth-order valence-corrected chi connectivity index (χ4v) is 7.21. The Morgan fingerprint density at radius 2 is 1.76 bits per heavy atom. The largest absolute Gasteiger partial charge is 0.334 e. The van der Waals surface area contributed by atoms with Crippen LogP contribution >= 0.6 is 23.2 Å². The highest BCUT2D eigenvalue weighted by Crippen LogP contribution is 2.55. The first-order chi connectivity index (χ1) is 18.2. The monoisotopic (exact) mass is 579 g/mol. The van der Waals surface area contributed by atoms with E-state index in [0.717, 1.165) is 0 Å². The molecule has 0 spiro atoms. The maximum atomic E-state index is 15.4. The van der Waals surface area contributed by atoms with Crippen molar-refractivity contribution in [2.45, 2.75) is 36.3 Å². The standard InChI is InChI=1S/C25H24Cl2FN5O4S/c26-16-3-1-15(2-4-16)22-30-23(31-37-22)25(7-8-25)21-19(27)13-17(14-20(21)28)29-24(34)32-9-11-33(12-10-32)38(35,36)18-5-6-18/h1-4,13-14,18H,5-12H2,(H,29,34). The number of hydrogen-bond donors (Lipinski definition) is 1. The average Bonchev–Trinajstić information content (AvgIpc) is 3.83. The number of nitrogens with zero attached hydrogens (tertiary/aromatic N) is 4. The zero-order valence-electron chi connectivity index (χ0n) is 20.2. The maximum absolute atomic E-state index is 15.4. The number of carbonyl (C=O) groups is 1. The maximum Gasteiger partial charge on any atom is 0.321 e. The van der Waals surface area contributed by atoms with Crippen LogP contribution in [0.4, 0.5) is 14.9 Å². The van der Waals surface area contributed by atoms with Crippen molar-refractivity contribution in [1.29, 1.82) is 0 Å². The zero-order chi connectivity index (χ0) is 26.7. The van der Waals surface area contributed by atoms with E-state index in [1.54, 1.807) is 24.3 Å². The van der Waals surface area contributed by atoms with E-state index in [0.29, 0.717) is 48.0 Å². The van der Waals surface area contributed by atoms with Crippen LogP contribution in [-0.2, 0) is 15.4 Å². The summed E-state index contributed by atoms with van der Waals surface area (Å²) in [6.45, 7) is 0.989. The number of carbonyl (C=O) groups excluding carboxylic acids is 1. The van der Waals surface area contributed by atoms with Gasteiger partial charge in [-0.1, -0.05) is 28.4 Å². The van der Waals surface area contributed by atoms with E-state index in [-0.39, 0.29) is 47.7 Å². The van der Waals surface area contributed by atoms with Gasteiger partial charge in [0.2, 0.25) is 10.0 Å². The first kappa shape index (κ1) is 25.5. The number of anilines is 1. The molecule has 3 fully saturated rings. The molecule has 2 aromatic carbocycles. The van der Waals surface area contributed by atoms with Gasteiger partial charge in [-0.15, -0.1) is 0 Å². The summed E-state index contributed by atoms with van der Waals surface area (Å²) in [5.74, 6) is 0.0657. The highest BCUT2D eigenvalue weighted by molar-refractivity contribution is 7.90. The number of amides is 2. The molecule has 6 rings (SSSR count). The highest BCUT2D eigenvalue weighted by Gasteiger charge is 2.53. The lowest BCUT2D eigenvalue weighted by molar-refractivity contribution is 0.184. The Kier molecular flexibility index (Phi) is 6.37. The normalized spacial score (nSPS) is 19.4. The first-order valence-corrected chi connectivity index (χ1v) is 14.6. The summed E-state index contributed by atoms with van der Waals surface area (Å²) in [5, 5.41) is 7.24. The molecule has 0 radical (unpaired) electrons. The quantitative estimate of drug-likeness (QED) is 0.444. The molecule has 2 amide bonds. The minimum absolute atomic E-state index is 0.149. The Balaban J connectivity index is 1.15. The molecule has 0 bridgehead atoms. The van der Waals surface area contributed by atoms with Gasteiger partial charge in [-0.25, -0.2) is 17.6 Å². The van der Waals surface area contributed by atoms with Crippen molar-refractivity contribution in [1.82, 2.24) is 19.3 Å². The van der Waals surface area contributed by atoms with Crippen LogP contribution in [0.1, 0.15) is 37.1 Å². The molecule has 2 heterocycles. The third kappa shape index (κ3) is 4.66. The fourth-order valence-electron chi connectivity index (χ4n) is 4.87. The predicted octanol–water partition coefficient (Wildman–Crippen LogP) is 4.90. The van der Waals surface area contributed by atoms with Gasteiger partial charge in [-0.3, -0.25) is 0 Å². The van der Waals surface area contributed by atoms with Crippen LogP contribution in [-0.4, -0.2) is 65.2 Å². The number of nitrogens with one attached hydrogen (secondary N) is 1. The summed E-state index contributed by atoms with van der Waals surface area (Å²) in [6.07, 6.45) is 2.59. The number of aromatic nitrogens is 2. The second-order valence-electron chi connectivity index (χ2n) is 9.89. The Hall–Kier alpha value is -2.73. The lowest BCUT2D eigenvalue weighted by Gasteiger charge is -2.34. The molecule has 1 saturated heterocycles. The SMILES string of the molecule is O=C(Nc1cc(F)c(C2(c3noc(-c4ccc(Cl)cc4)n3)CC2)c(Cl)c1)N1CCN(S(=O)(=O)C2CC2)CC1. The van der Waals surface area contributed by atoms with Crippen molar-refractivity contribution in [3.8, 4) is 11.5 Å². The topological polar surface area (TPSA) is 109 Å². The predicted molar refractivity (Wildman–Crippen MR) is 140 cm³/mol. The summed E-state index contributed by atoms with van der Waals surface area (Å²) in [7, 11) is -3.27. The molecule has 2 aliphatic carbocycles. The van der Waals surface area contributed by atoms with Gasteiger partial charge in [0.05, 0.1) is 10.7 Å². The van der Waals surface area contributed by atoms with E-state index in [9.17, 15) is 13.2 Å². The number of rotatable bonds is 6. The van der Waals surface area contributed by atoms with Gasteiger partial charge in [-0.05, 0) is 62.1 Å². The van der Waals surface area contributed by atoms with Gasteiger partial charge in [0.15, 0.2) is 5.82 Å². The summed E-state index contributed by atoms with van der Waals surface area (Å²) >= 11 is 12.5. The molecule has 1 aromatic heterocycles. The number of urea groups is 1. The van der Waals surface area contributed by atoms with Gasteiger partial charge in [0.1, 0.15) is 5.82 Å². The molecule has 200 valence electrons. The van der Waals surface area contributed by atoms with Crippen molar-refractivity contribution in [2.75, 3.05) is 31.5 Å². The molecule has 0 unspecified atom stereocenters. The highest BCUT2D eigenvalue weighted by atomic mass is 35.5. The number of hydrogen-bond acceptors (Lipinski definition) is 6. The van der Waals surface area contributed by atoms with Crippen molar-refractivity contribution in [3.63, 3.8) is 0 Å². The van der Waals surface area contributed by atoms with E-state index < -0.39 is 27.3 Å². The molecule has 3 aromatic rings. The third-order valence-corrected chi connectivity index (χ3v) is 10.2. The van der Waals surface area contributed by atoms with Crippen LogP contribution in [0.25, 0.3) is 11.5 Å². The van der Waals surface area contributed by atoms with Crippen molar-refractivity contribution < 1.29 is 22.1 Å². The minimum atomic E-state index is -3.27. The molecule has 1 aliphatic heterocycles. The van der Waals surface area contributed by atoms with Gasteiger partial charge in [0, 0.05) is 53.0 Å². The smallest absolute Gasteiger partial charge is 0.321 e. The molecule has 0 atom stereocenters. The molecule has 13 heteroatoms. The van der Waals surface area contributed by atoms with Gasteiger partial charge < -0.3 is 14.7 Å². The third-order valence-electron chi connectivity index (χ3n) is 7.30. The molecular formula is C25H24Cl2FN5O4S.